The summed E-state index contributed by atoms with van der Waals surface area (Å²) < 4.78 is 0. The molecule has 2 rings (SSSR count). The first kappa shape index (κ1) is 8.59. The van der Waals surface area contributed by atoms with Gasteiger partial charge in [0.25, 0.3) is 0 Å². The van der Waals surface area contributed by atoms with Gasteiger partial charge in [0.2, 0.25) is 0 Å². The molecule has 0 N–H and O–H groups in total. The van der Waals surface area contributed by atoms with Crippen LogP contribution in [0.4, 0.5) is 0 Å². The molecule has 2 aliphatic carbocycles. The summed E-state index contributed by atoms with van der Waals surface area (Å²) in [6.07, 6.45) is 10.6. The van der Waals surface area contributed by atoms with Crippen LogP contribution in [0.1, 0.15) is 58.8 Å². The molecule has 0 aromatic rings. The summed E-state index contributed by atoms with van der Waals surface area (Å²) in [5, 5.41) is 0. The van der Waals surface area contributed by atoms with Gasteiger partial charge >= 0.3 is 0 Å². The molecule has 0 amide bonds. The SMILES string of the molecule is C[C@@H]1CC[C@H]2CCCCC2(C)C1. The number of hydrogen-bond donors (Lipinski definition) is 0. The van der Waals surface area contributed by atoms with Crippen molar-refractivity contribution < 1.29 is 0 Å². The quantitative estimate of drug-likeness (QED) is 0.510. The molecule has 0 aromatic carbocycles. The predicted molar refractivity (Wildman–Crippen MR) is 53.1 cm³/mol. The fourth-order valence-electron chi connectivity index (χ4n) is 3.62. The first-order valence-electron chi connectivity index (χ1n) is 5.71. The van der Waals surface area contributed by atoms with Crippen molar-refractivity contribution in [3.8, 4) is 0 Å². The van der Waals surface area contributed by atoms with Gasteiger partial charge < -0.3 is 0 Å². The highest BCUT2D eigenvalue weighted by Gasteiger charge is 2.39. The third-order valence-electron chi connectivity index (χ3n) is 4.36. The van der Waals surface area contributed by atoms with Gasteiger partial charge in [0.1, 0.15) is 0 Å². The van der Waals surface area contributed by atoms with E-state index >= 15 is 0 Å². The highest BCUT2D eigenvalue weighted by Crippen LogP contribution is 2.51. The number of fused-ring (bicyclic) bond motifs is 1. The van der Waals surface area contributed by atoms with Gasteiger partial charge in [-0.05, 0) is 42.9 Å². The van der Waals surface area contributed by atoms with E-state index < -0.39 is 0 Å². The summed E-state index contributed by atoms with van der Waals surface area (Å²) in [6, 6.07) is 0. The molecular formula is C12H22. The lowest BCUT2D eigenvalue weighted by atomic mass is 9.58. The van der Waals surface area contributed by atoms with Gasteiger partial charge in [-0.2, -0.15) is 0 Å². The molecule has 0 heteroatoms. The van der Waals surface area contributed by atoms with Crippen molar-refractivity contribution in [2.24, 2.45) is 17.3 Å². The molecule has 2 saturated carbocycles. The molecule has 3 atom stereocenters. The van der Waals surface area contributed by atoms with Crippen LogP contribution in [-0.4, -0.2) is 0 Å². The summed E-state index contributed by atoms with van der Waals surface area (Å²) in [4.78, 5) is 0. The molecule has 70 valence electrons. The lowest BCUT2D eigenvalue weighted by Crippen LogP contribution is -2.36. The van der Waals surface area contributed by atoms with Gasteiger partial charge in [0, 0.05) is 0 Å². The van der Waals surface area contributed by atoms with Gasteiger partial charge in [-0.3, -0.25) is 0 Å². The van der Waals surface area contributed by atoms with Crippen LogP contribution in [0.2, 0.25) is 0 Å². The largest absolute Gasteiger partial charge is 0.0625 e. The predicted octanol–water partition coefficient (Wildman–Crippen LogP) is 4.00. The van der Waals surface area contributed by atoms with Crippen molar-refractivity contribution in [1.82, 2.24) is 0 Å². The first-order valence-corrected chi connectivity index (χ1v) is 5.71. The molecule has 0 bridgehead atoms. The average Bonchev–Trinajstić information content (AvgIpc) is 2.02. The molecule has 2 aliphatic rings. The van der Waals surface area contributed by atoms with Crippen LogP contribution in [0.5, 0.6) is 0 Å². The molecule has 0 radical (unpaired) electrons. The van der Waals surface area contributed by atoms with Crippen LogP contribution in [0.25, 0.3) is 0 Å². The van der Waals surface area contributed by atoms with Gasteiger partial charge in [-0.1, -0.05) is 33.1 Å². The van der Waals surface area contributed by atoms with Crippen molar-refractivity contribution in [1.29, 1.82) is 0 Å². The fourth-order valence-corrected chi connectivity index (χ4v) is 3.62. The van der Waals surface area contributed by atoms with E-state index in [9.17, 15) is 0 Å². The van der Waals surface area contributed by atoms with E-state index in [-0.39, 0.29) is 0 Å². The van der Waals surface area contributed by atoms with Gasteiger partial charge in [0.15, 0.2) is 0 Å². The fraction of sp³-hybridized carbons (Fsp3) is 1.00. The minimum absolute atomic E-state index is 0.746. The molecule has 0 saturated heterocycles. The molecular weight excluding hydrogens is 144 g/mol. The van der Waals surface area contributed by atoms with Gasteiger partial charge in [0.05, 0.1) is 0 Å². The van der Waals surface area contributed by atoms with E-state index in [0.29, 0.717) is 0 Å². The van der Waals surface area contributed by atoms with Gasteiger partial charge in [-0.15, -0.1) is 0 Å². The van der Waals surface area contributed by atoms with Crippen LogP contribution < -0.4 is 0 Å². The van der Waals surface area contributed by atoms with E-state index in [2.05, 4.69) is 13.8 Å². The minimum Gasteiger partial charge on any atom is -0.0625 e. The highest BCUT2D eigenvalue weighted by molar-refractivity contribution is 4.90. The molecule has 0 aromatic heterocycles. The zero-order valence-electron chi connectivity index (χ0n) is 8.60. The molecule has 0 heterocycles. The summed E-state index contributed by atoms with van der Waals surface area (Å²) in [5.74, 6) is 2.09. The van der Waals surface area contributed by atoms with Crippen molar-refractivity contribution >= 4 is 0 Å². The van der Waals surface area contributed by atoms with E-state index in [0.717, 1.165) is 17.3 Å². The molecule has 0 spiro atoms. The van der Waals surface area contributed by atoms with Crippen LogP contribution in [0.3, 0.4) is 0 Å². The Balaban J connectivity index is 2.07. The lowest BCUT2D eigenvalue weighted by molar-refractivity contribution is 0.0389. The Morgan fingerprint density at radius 3 is 2.75 bits per heavy atom. The van der Waals surface area contributed by atoms with Crippen molar-refractivity contribution in [2.45, 2.75) is 58.8 Å². The summed E-state index contributed by atoms with van der Waals surface area (Å²) in [6.45, 7) is 4.99. The van der Waals surface area contributed by atoms with E-state index in [1.807, 2.05) is 0 Å². The lowest BCUT2D eigenvalue weighted by Gasteiger charge is -2.47. The molecule has 1 unspecified atom stereocenters. The smallest absolute Gasteiger partial charge is 0.0295 e. The van der Waals surface area contributed by atoms with E-state index in [4.69, 9.17) is 0 Å². The van der Waals surface area contributed by atoms with Crippen molar-refractivity contribution in [2.75, 3.05) is 0 Å². The third-order valence-corrected chi connectivity index (χ3v) is 4.36. The Bertz CT molecular complexity index is 161. The summed E-state index contributed by atoms with van der Waals surface area (Å²) >= 11 is 0. The second kappa shape index (κ2) is 3.05. The van der Waals surface area contributed by atoms with Crippen molar-refractivity contribution in [3.63, 3.8) is 0 Å². The Morgan fingerprint density at radius 2 is 1.92 bits per heavy atom. The normalized spacial score (nSPS) is 48.5. The van der Waals surface area contributed by atoms with Crippen LogP contribution in [-0.2, 0) is 0 Å². The second-order valence-electron chi connectivity index (χ2n) is 5.48. The molecule has 0 aliphatic heterocycles. The Labute approximate surface area is 76.7 Å². The molecule has 12 heavy (non-hydrogen) atoms. The van der Waals surface area contributed by atoms with Gasteiger partial charge in [-0.25, -0.2) is 0 Å². The maximum absolute atomic E-state index is 2.55. The standard InChI is InChI=1S/C12H22/c1-10-6-7-11-5-3-4-8-12(11,2)9-10/h10-11H,3-9H2,1-2H3/t10-,11-,12?/m1/s1. The maximum atomic E-state index is 2.55. The molecule has 0 nitrogen and oxygen atoms in total. The zero-order chi connectivity index (χ0) is 8.60. The Kier molecular flexibility index (Phi) is 2.18. The Hall–Kier alpha value is 0. The average molecular weight is 166 g/mol. The first-order chi connectivity index (χ1) is 5.71. The minimum atomic E-state index is 0.746. The summed E-state index contributed by atoms with van der Waals surface area (Å²) in [7, 11) is 0. The zero-order valence-corrected chi connectivity index (χ0v) is 8.60. The van der Waals surface area contributed by atoms with Crippen molar-refractivity contribution in [3.05, 3.63) is 0 Å². The highest BCUT2D eigenvalue weighted by atomic mass is 14.4. The van der Waals surface area contributed by atoms with E-state index in [1.54, 1.807) is 0 Å². The molecule has 2 fully saturated rings. The third kappa shape index (κ3) is 1.41. The summed E-state index contributed by atoms with van der Waals surface area (Å²) in [5.41, 5.74) is 0.746. The number of hydrogen-bond acceptors (Lipinski definition) is 0. The van der Waals surface area contributed by atoms with Crippen LogP contribution in [0, 0.1) is 17.3 Å². The topological polar surface area (TPSA) is 0 Å². The Morgan fingerprint density at radius 1 is 1.08 bits per heavy atom. The monoisotopic (exact) mass is 166 g/mol. The van der Waals surface area contributed by atoms with Crippen LogP contribution in [0.15, 0.2) is 0 Å². The van der Waals surface area contributed by atoms with E-state index in [1.165, 1.54) is 44.9 Å². The number of rotatable bonds is 0. The second-order valence-corrected chi connectivity index (χ2v) is 5.48. The van der Waals surface area contributed by atoms with Crippen LogP contribution >= 0.6 is 0 Å². The maximum Gasteiger partial charge on any atom is -0.0295 e.